The molecule has 1 atom stereocenters. The number of carbonyl (C=O) groups is 1. The fourth-order valence-electron chi connectivity index (χ4n) is 2.48. The fraction of sp³-hybridized carbons (Fsp3) is 0.278. The van der Waals surface area contributed by atoms with Gasteiger partial charge in [0.2, 0.25) is 0 Å². The minimum absolute atomic E-state index is 0.0322. The number of halogens is 1. The first-order valence-corrected chi connectivity index (χ1v) is 7.45. The first kappa shape index (κ1) is 14.6. The molecular formula is C18H18FNO2. The molecular weight excluding hydrogens is 281 g/mol. The van der Waals surface area contributed by atoms with Gasteiger partial charge in [0.05, 0.1) is 6.04 Å². The van der Waals surface area contributed by atoms with Crippen molar-refractivity contribution in [3.05, 3.63) is 66.0 Å². The van der Waals surface area contributed by atoms with Gasteiger partial charge in [-0.1, -0.05) is 36.4 Å². The second-order valence-electron chi connectivity index (χ2n) is 5.54. The molecule has 0 saturated heterocycles. The first-order chi connectivity index (χ1) is 10.7. The molecule has 0 radical (unpaired) electrons. The van der Waals surface area contributed by atoms with Gasteiger partial charge in [0.15, 0.2) is 6.61 Å². The highest BCUT2D eigenvalue weighted by molar-refractivity contribution is 5.78. The third-order valence-electron chi connectivity index (χ3n) is 3.73. The van der Waals surface area contributed by atoms with Crippen molar-refractivity contribution in [2.75, 3.05) is 6.61 Å². The monoisotopic (exact) mass is 299 g/mol. The molecule has 0 heterocycles. The topological polar surface area (TPSA) is 38.3 Å². The normalized spacial score (nSPS) is 15.1. The summed E-state index contributed by atoms with van der Waals surface area (Å²) in [7, 11) is 0. The molecule has 1 N–H and O–H groups in total. The summed E-state index contributed by atoms with van der Waals surface area (Å²) in [6.07, 6.45) is 2.26. The van der Waals surface area contributed by atoms with Crippen molar-refractivity contribution in [1.82, 2.24) is 5.32 Å². The highest BCUT2D eigenvalue weighted by Gasteiger charge is 2.33. The van der Waals surface area contributed by atoms with Crippen LogP contribution in [0.2, 0.25) is 0 Å². The van der Waals surface area contributed by atoms with Crippen molar-refractivity contribution < 1.29 is 13.9 Å². The molecule has 22 heavy (non-hydrogen) atoms. The molecule has 114 valence electrons. The smallest absolute Gasteiger partial charge is 0.258 e. The Bertz CT molecular complexity index is 641. The van der Waals surface area contributed by atoms with Crippen LogP contribution in [0.5, 0.6) is 5.75 Å². The van der Waals surface area contributed by atoms with Crippen molar-refractivity contribution in [3.8, 4) is 5.75 Å². The third-order valence-corrected chi connectivity index (χ3v) is 3.73. The van der Waals surface area contributed by atoms with Gasteiger partial charge in [-0.05, 0) is 36.5 Å². The molecule has 4 heteroatoms. The highest BCUT2D eigenvalue weighted by atomic mass is 19.1. The summed E-state index contributed by atoms with van der Waals surface area (Å²) >= 11 is 0. The van der Waals surface area contributed by atoms with Gasteiger partial charge in [0.25, 0.3) is 5.91 Å². The molecule has 1 amide bonds. The number of rotatable bonds is 6. The van der Waals surface area contributed by atoms with E-state index in [1.807, 2.05) is 30.3 Å². The standard InChI is InChI=1S/C18H18FNO2/c19-15-7-4-8-16(11-15)22-12-17(21)20-18(14-9-10-14)13-5-2-1-3-6-13/h1-8,11,14,18H,9-10,12H2,(H,20,21)/t18-/m1/s1. The average molecular weight is 299 g/mol. The van der Waals surface area contributed by atoms with E-state index in [1.165, 1.54) is 12.1 Å². The number of carbonyl (C=O) groups excluding carboxylic acids is 1. The molecule has 3 nitrogen and oxygen atoms in total. The zero-order chi connectivity index (χ0) is 15.4. The predicted molar refractivity (Wildman–Crippen MR) is 81.9 cm³/mol. The Morgan fingerprint density at radius 3 is 2.64 bits per heavy atom. The van der Waals surface area contributed by atoms with Gasteiger partial charge in [-0.25, -0.2) is 4.39 Å². The minimum Gasteiger partial charge on any atom is -0.484 e. The van der Waals surface area contributed by atoms with Gasteiger partial charge in [-0.15, -0.1) is 0 Å². The molecule has 3 rings (SSSR count). The van der Waals surface area contributed by atoms with Crippen molar-refractivity contribution >= 4 is 5.91 Å². The zero-order valence-corrected chi connectivity index (χ0v) is 12.2. The largest absolute Gasteiger partial charge is 0.484 e. The van der Waals surface area contributed by atoms with Gasteiger partial charge in [0, 0.05) is 6.07 Å². The van der Waals surface area contributed by atoms with Crippen LogP contribution in [0.3, 0.4) is 0 Å². The maximum absolute atomic E-state index is 13.1. The lowest BCUT2D eigenvalue weighted by Crippen LogP contribution is -2.33. The lowest BCUT2D eigenvalue weighted by Gasteiger charge is -2.19. The summed E-state index contributed by atoms with van der Waals surface area (Å²) in [6.45, 7) is -0.112. The summed E-state index contributed by atoms with van der Waals surface area (Å²) in [5.41, 5.74) is 1.11. The van der Waals surface area contributed by atoms with E-state index in [9.17, 15) is 9.18 Å². The summed E-state index contributed by atoms with van der Waals surface area (Å²) in [4.78, 5) is 12.1. The molecule has 0 unspecified atom stereocenters. The van der Waals surface area contributed by atoms with E-state index in [1.54, 1.807) is 12.1 Å². The Morgan fingerprint density at radius 2 is 1.95 bits per heavy atom. The molecule has 0 aliphatic heterocycles. The van der Waals surface area contributed by atoms with Crippen LogP contribution in [0.4, 0.5) is 4.39 Å². The second kappa shape index (κ2) is 6.60. The second-order valence-corrected chi connectivity index (χ2v) is 5.54. The summed E-state index contributed by atoms with van der Waals surface area (Å²) in [5, 5.41) is 3.02. The van der Waals surface area contributed by atoms with E-state index in [-0.39, 0.29) is 24.4 Å². The van der Waals surface area contributed by atoms with E-state index in [4.69, 9.17) is 4.74 Å². The summed E-state index contributed by atoms with van der Waals surface area (Å²) < 4.78 is 18.4. The average Bonchev–Trinajstić information content (AvgIpc) is 3.36. The molecule has 2 aromatic carbocycles. The summed E-state index contributed by atoms with van der Waals surface area (Å²) in [6, 6.07) is 15.8. The minimum atomic E-state index is -0.377. The van der Waals surface area contributed by atoms with Crippen LogP contribution in [0.15, 0.2) is 54.6 Å². The van der Waals surface area contributed by atoms with Crippen LogP contribution < -0.4 is 10.1 Å². The van der Waals surface area contributed by atoms with Crippen LogP contribution in [0.25, 0.3) is 0 Å². The lowest BCUT2D eigenvalue weighted by molar-refractivity contribution is -0.124. The van der Waals surface area contributed by atoms with Crippen molar-refractivity contribution in [3.63, 3.8) is 0 Å². The van der Waals surface area contributed by atoms with Crippen molar-refractivity contribution in [1.29, 1.82) is 0 Å². The predicted octanol–water partition coefficient (Wildman–Crippen LogP) is 3.47. The van der Waals surface area contributed by atoms with Gasteiger partial charge in [-0.3, -0.25) is 4.79 Å². The quantitative estimate of drug-likeness (QED) is 0.887. The Kier molecular flexibility index (Phi) is 4.37. The molecule has 1 aliphatic carbocycles. The first-order valence-electron chi connectivity index (χ1n) is 7.45. The van der Waals surface area contributed by atoms with Crippen LogP contribution in [-0.4, -0.2) is 12.5 Å². The Labute approximate surface area is 129 Å². The maximum Gasteiger partial charge on any atom is 0.258 e. The van der Waals surface area contributed by atoms with E-state index >= 15 is 0 Å². The third kappa shape index (κ3) is 3.85. The molecule has 0 aromatic heterocycles. The number of ether oxygens (including phenoxy) is 1. The van der Waals surface area contributed by atoms with Crippen LogP contribution in [0, 0.1) is 11.7 Å². The van der Waals surface area contributed by atoms with Crippen molar-refractivity contribution in [2.45, 2.75) is 18.9 Å². The maximum atomic E-state index is 13.1. The molecule has 0 spiro atoms. The molecule has 1 fully saturated rings. The van der Waals surface area contributed by atoms with E-state index in [0.717, 1.165) is 18.4 Å². The number of hydrogen-bond donors (Lipinski definition) is 1. The molecule has 1 saturated carbocycles. The van der Waals surface area contributed by atoms with Crippen LogP contribution in [-0.2, 0) is 4.79 Å². The Hall–Kier alpha value is -2.36. The van der Waals surface area contributed by atoms with Crippen LogP contribution in [0.1, 0.15) is 24.4 Å². The van der Waals surface area contributed by atoms with Gasteiger partial charge in [-0.2, -0.15) is 0 Å². The van der Waals surface area contributed by atoms with Gasteiger partial charge in [0.1, 0.15) is 11.6 Å². The molecule has 0 bridgehead atoms. The zero-order valence-electron chi connectivity index (χ0n) is 12.2. The number of amides is 1. The van der Waals surface area contributed by atoms with Gasteiger partial charge >= 0.3 is 0 Å². The van der Waals surface area contributed by atoms with Gasteiger partial charge < -0.3 is 10.1 Å². The SMILES string of the molecule is O=C(COc1cccc(F)c1)N[C@H](c1ccccc1)C1CC1. The summed E-state index contributed by atoms with van der Waals surface area (Å²) in [5.74, 6) is 0.293. The fourth-order valence-corrected chi connectivity index (χ4v) is 2.48. The molecule has 2 aromatic rings. The highest BCUT2D eigenvalue weighted by Crippen LogP contribution is 2.40. The number of hydrogen-bond acceptors (Lipinski definition) is 2. The Balaban J connectivity index is 1.58. The van der Waals surface area contributed by atoms with E-state index in [2.05, 4.69) is 5.32 Å². The number of nitrogens with one attached hydrogen (secondary N) is 1. The molecule has 1 aliphatic rings. The van der Waals surface area contributed by atoms with E-state index < -0.39 is 0 Å². The Morgan fingerprint density at radius 1 is 1.18 bits per heavy atom. The van der Waals surface area contributed by atoms with E-state index in [0.29, 0.717) is 11.7 Å². The van der Waals surface area contributed by atoms with Crippen LogP contribution >= 0.6 is 0 Å². The van der Waals surface area contributed by atoms with Crippen molar-refractivity contribution in [2.24, 2.45) is 5.92 Å². The lowest BCUT2D eigenvalue weighted by atomic mass is 10.0. The number of benzene rings is 2.